The zero-order valence-electron chi connectivity index (χ0n) is 10.1. The zero-order valence-corrected chi connectivity index (χ0v) is 11.7. The van der Waals surface area contributed by atoms with Gasteiger partial charge in [-0.15, -0.1) is 0 Å². The lowest BCUT2D eigenvalue weighted by Gasteiger charge is -2.16. The number of nitrogens with one attached hydrogen (secondary N) is 1. The summed E-state index contributed by atoms with van der Waals surface area (Å²) in [5.41, 5.74) is 0.953. The van der Waals surface area contributed by atoms with Gasteiger partial charge in [-0.25, -0.2) is 13.4 Å². The highest BCUT2D eigenvalue weighted by Gasteiger charge is 2.47. The summed E-state index contributed by atoms with van der Waals surface area (Å²) >= 11 is 5.19. The Morgan fingerprint density at radius 2 is 2.05 bits per heavy atom. The fourth-order valence-electron chi connectivity index (χ4n) is 2.39. The molecule has 3 rings (SSSR count). The van der Waals surface area contributed by atoms with Crippen LogP contribution in [0, 0.1) is 0 Å². The van der Waals surface area contributed by atoms with Crippen LogP contribution in [0.25, 0.3) is 0 Å². The lowest BCUT2D eigenvalue weighted by molar-refractivity contribution is 0.374. The maximum Gasteiger partial charge on any atom is 0.190 e. The summed E-state index contributed by atoms with van der Waals surface area (Å²) in [6, 6.07) is 9.31. The summed E-state index contributed by atoms with van der Waals surface area (Å²) in [6.07, 6.45) is 1.70. The van der Waals surface area contributed by atoms with Crippen molar-refractivity contribution in [3.63, 3.8) is 0 Å². The fourth-order valence-corrected chi connectivity index (χ4v) is 4.61. The molecule has 0 radical (unpaired) electrons. The van der Waals surface area contributed by atoms with Crippen molar-refractivity contribution in [2.75, 3.05) is 11.5 Å². The van der Waals surface area contributed by atoms with Gasteiger partial charge in [-0.3, -0.25) is 0 Å². The van der Waals surface area contributed by atoms with Crippen molar-refractivity contribution in [3.8, 4) is 0 Å². The number of hydrogen-bond donors (Lipinski definition) is 1. The van der Waals surface area contributed by atoms with E-state index in [0.29, 0.717) is 5.11 Å². The second-order valence-electron chi connectivity index (χ2n) is 4.70. The Kier molecular flexibility index (Phi) is 3.02. The number of sulfone groups is 1. The predicted octanol–water partition coefficient (Wildman–Crippen LogP) is 0.376. The van der Waals surface area contributed by atoms with Crippen molar-refractivity contribution in [1.82, 2.24) is 10.3 Å². The molecule has 1 aromatic rings. The molecule has 5 nitrogen and oxygen atoms in total. The molecule has 1 aromatic carbocycles. The Morgan fingerprint density at radius 1 is 1.32 bits per heavy atom. The number of fused-ring (bicyclic) bond motifs is 1. The van der Waals surface area contributed by atoms with Gasteiger partial charge in [-0.2, -0.15) is 5.10 Å². The maximum absolute atomic E-state index is 11.6. The first-order valence-electron chi connectivity index (χ1n) is 5.94. The first kappa shape index (κ1) is 12.6. The Hall–Kier alpha value is -1.47. The van der Waals surface area contributed by atoms with Crippen LogP contribution in [0.4, 0.5) is 0 Å². The van der Waals surface area contributed by atoms with Gasteiger partial charge in [0.15, 0.2) is 14.9 Å². The van der Waals surface area contributed by atoms with Crippen LogP contribution in [-0.2, 0) is 9.84 Å². The molecule has 19 heavy (non-hydrogen) atoms. The minimum absolute atomic E-state index is 0.108. The van der Waals surface area contributed by atoms with Gasteiger partial charge >= 0.3 is 0 Å². The van der Waals surface area contributed by atoms with E-state index in [4.69, 9.17) is 12.2 Å². The molecule has 2 heterocycles. The Labute approximate surface area is 117 Å². The summed E-state index contributed by atoms with van der Waals surface area (Å²) in [6.45, 7) is 0. The zero-order chi connectivity index (χ0) is 13.5. The van der Waals surface area contributed by atoms with Crippen molar-refractivity contribution in [1.29, 1.82) is 0 Å². The van der Waals surface area contributed by atoms with Gasteiger partial charge in [0.1, 0.15) is 0 Å². The van der Waals surface area contributed by atoms with Crippen molar-refractivity contribution >= 4 is 33.4 Å². The maximum atomic E-state index is 11.6. The second-order valence-corrected chi connectivity index (χ2v) is 7.24. The molecule has 2 fully saturated rings. The molecule has 2 unspecified atom stereocenters. The smallest absolute Gasteiger partial charge is 0.190 e. The molecule has 2 aliphatic heterocycles. The summed E-state index contributed by atoms with van der Waals surface area (Å²) in [7, 11) is -2.98. The van der Waals surface area contributed by atoms with Gasteiger partial charge in [0.25, 0.3) is 0 Å². The van der Waals surface area contributed by atoms with Crippen LogP contribution in [0.1, 0.15) is 5.56 Å². The molecular formula is C12H13N3O2S2. The first-order chi connectivity index (χ1) is 9.05. The minimum Gasteiger partial charge on any atom is -0.355 e. The molecule has 0 aliphatic carbocycles. The van der Waals surface area contributed by atoms with Crippen LogP contribution >= 0.6 is 12.2 Å². The van der Waals surface area contributed by atoms with Crippen molar-refractivity contribution < 1.29 is 8.42 Å². The highest BCUT2D eigenvalue weighted by atomic mass is 32.2. The number of hydrogen-bond acceptors (Lipinski definition) is 4. The van der Waals surface area contributed by atoms with E-state index in [1.165, 1.54) is 0 Å². The fraction of sp³-hybridized carbons (Fsp3) is 0.333. The van der Waals surface area contributed by atoms with Crippen LogP contribution in [0.15, 0.2) is 35.4 Å². The van der Waals surface area contributed by atoms with Crippen LogP contribution in [0.5, 0.6) is 0 Å². The molecule has 2 aliphatic rings. The van der Waals surface area contributed by atoms with Gasteiger partial charge in [0.2, 0.25) is 0 Å². The Balaban J connectivity index is 1.81. The van der Waals surface area contributed by atoms with E-state index in [1.807, 2.05) is 30.3 Å². The molecule has 7 heteroatoms. The molecule has 2 atom stereocenters. The van der Waals surface area contributed by atoms with E-state index in [2.05, 4.69) is 10.4 Å². The number of nitrogens with zero attached hydrogens (tertiary/aromatic N) is 2. The number of hydrazone groups is 1. The first-order valence-corrected chi connectivity index (χ1v) is 8.17. The SMILES string of the molecule is O=S1(=O)CC2NC(=S)N(N=Cc3ccccc3)C2C1. The summed E-state index contributed by atoms with van der Waals surface area (Å²) in [4.78, 5) is 0. The van der Waals surface area contributed by atoms with Crippen LogP contribution in [0.2, 0.25) is 0 Å². The summed E-state index contributed by atoms with van der Waals surface area (Å²) in [5, 5.41) is 9.45. The average molecular weight is 295 g/mol. The molecule has 2 saturated heterocycles. The standard InChI is InChI=1S/C12H13N3O2S2/c16-19(17)7-10-11(8-19)15(12(18)14-10)13-6-9-4-2-1-3-5-9/h1-6,10-11H,7-8H2,(H,14,18). The molecule has 0 spiro atoms. The van der Waals surface area contributed by atoms with Gasteiger partial charge in [-0.1, -0.05) is 30.3 Å². The number of thiocarbonyl (C=S) groups is 1. The van der Waals surface area contributed by atoms with E-state index in [1.54, 1.807) is 11.2 Å². The van der Waals surface area contributed by atoms with Gasteiger partial charge < -0.3 is 5.32 Å². The third-order valence-electron chi connectivity index (χ3n) is 3.28. The largest absolute Gasteiger partial charge is 0.355 e. The second kappa shape index (κ2) is 4.57. The number of rotatable bonds is 2. The molecule has 0 saturated carbocycles. The normalized spacial score (nSPS) is 28.6. The predicted molar refractivity (Wildman–Crippen MR) is 77.8 cm³/mol. The summed E-state index contributed by atoms with van der Waals surface area (Å²) < 4.78 is 23.2. The van der Waals surface area contributed by atoms with Gasteiger partial charge in [-0.05, 0) is 17.8 Å². The Morgan fingerprint density at radius 3 is 2.79 bits per heavy atom. The van der Waals surface area contributed by atoms with Gasteiger partial charge in [0.05, 0.1) is 29.8 Å². The van der Waals surface area contributed by atoms with Crippen LogP contribution in [0.3, 0.4) is 0 Å². The Bertz CT molecular complexity index is 628. The van der Waals surface area contributed by atoms with E-state index >= 15 is 0 Å². The molecule has 1 N–H and O–H groups in total. The lowest BCUT2D eigenvalue weighted by atomic mass is 10.2. The van der Waals surface area contributed by atoms with Crippen molar-refractivity contribution in [2.24, 2.45) is 5.10 Å². The summed E-state index contributed by atoms with van der Waals surface area (Å²) in [5.74, 6) is 0.242. The van der Waals surface area contributed by atoms with E-state index in [-0.39, 0.29) is 23.6 Å². The highest BCUT2D eigenvalue weighted by molar-refractivity contribution is 7.91. The molecule has 100 valence electrons. The molecule has 0 bridgehead atoms. The van der Waals surface area contributed by atoms with E-state index in [0.717, 1.165) is 5.56 Å². The lowest BCUT2D eigenvalue weighted by Crippen LogP contribution is -2.32. The monoisotopic (exact) mass is 295 g/mol. The number of benzene rings is 1. The van der Waals surface area contributed by atoms with E-state index in [9.17, 15) is 8.42 Å². The van der Waals surface area contributed by atoms with Crippen LogP contribution < -0.4 is 5.32 Å². The highest BCUT2D eigenvalue weighted by Crippen LogP contribution is 2.24. The molecule has 0 aromatic heterocycles. The quantitative estimate of drug-likeness (QED) is 0.631. The van der Waals surface area contributed by atoms with Crippen molar-refractivity contribution in [2.45, 2.75) is 12.1 Å². The minimum atomic E-state index is -2.98. The molecular weight excluding hydrogens is 282 g/mol. The topological polar surface area (TPSA) is 61.8 Å². The van der Waals surface area contributed by atoms with Crippen molar-refractivity contribution in [3.05, 3.63) is 35.9 Å². The third-order valence-corrected chi connectivity index (χ3v) is 5.31. The van der Waals surface area contributed by atoms with E-state index < -0.39 is 9.84 Å². The third kappa shape index (κ3) is 2.48. The average Bonchev–Trinajstić information content (AvgIpc) is 2.79. The van der Waals surface area contributed by atoms with Gasteiger partial charge in [0, 0.05) is 0 Å². The van der Waals surface area contributed by atoms with Crippen LogP contribution in [-0.4, -0.2) is 48.3 Å². The molecule has 0 amide bonds.